The lowest BCUT2D eigenvalue weighted by molar-refractivity contribution is -0.114. The van der Waals surface area contributed by atoms with Crippen LogP contribution in [0.15, 0.2) is 30.6 Å². The number of carbonyl (C=O) groups excluding carboxylic acids is 2. The Morgan fingerprint density at radius 1 is 1.10 bits per heavy atom. The average Bonchev–Trinajstić information content (AvgIpc) is 2.64. The van der Waals surface area contributed by atoms with Gasteiger partial charge in [-0.25, -0.2) is 4.39 Å². The smallest absolute Gasteiger partial charge is 0.297 e. The summed E-state index contributed by atoms with van der Waals surface area (Å²) in [7, 11) is 0. The Bertz CT molecular complexity index is 771. The standard InChI is InChI=1S/C16H13FN2O2/c1-9-4-12-14(13(17)5-9)19(16(21)15(12)20)8-11-3-10(2)6-18-7-11/h3-7H,8H2,1-2H3. The highest BCUT2D eigenvalue weighted by Gasteiger charge is 2.38. The van der Waals surface area contributed by atoms with Crippen LogP contribution in [0.4, 0.5) is 10.1 Å². The first kappa shape index (κ1) is 13.4. The van der Waals surface area contributed by atoms with Crippen molar-refractivity contribution in [1.82, 2.24) is 4.98 Å². The van der Waals surface area contributed by atoms with Gasteiger partial charge in [0.05, 0.1) is 17.8 Å². The van der Waals surface area contributed by atoms with E-state index >= 15 is 0 Å². The number of halogens is 1. The summed E-state index contributed by atoms with van der Waals surface area (Å²) in [5, 5.41) is 0. The molecule has 0 fully saturated rings. The Morgan fingerprint density at radius 2 is 1.86 bits per heavy atom. The van der Waals surface area contributed by atoms with E-state index in [9.17, 15) is 14.0 Å². The number of carbonyl (C=O) groups is 2. The van der Waals surface area contributed by atoms with E-state index in [2.05, 4.69) is 4.98 Å². The minimum absolute atomic E-state index is 0.0668. The zero-order valence-electron chi connectivity index (χ0n) is 11.7. The van der Waals surface area contributed by atoms with E-state index in [0.29, 0.717) is 5.56 Å². The number of nitrogens with zero attached hydrogens (tertiary/aromatic N) is 2. The van der Waals surface area contributed by atoms with E-state index in [1.54, 1.807) is 25.4 Å². The first-order valence-corrected chi connectivity index (χ1v) is 6.54. The Balaban J connectivity index is 2.05. The number of benzene rings is 1. The van der Waals surface area contributed by atoms with Crippen molar-refractivity contribution in [2.45, 2.75) is 20.4 Å². The first-order valence-electron chi connectivity index (χ1n) is 6.54. The molecule has 1 aromatic heterocycles. The van der Waals surface area contributed by atoms with Crippen molar-refractivity contribution in [2.24, 2.45) is 0 Å². The van der Waals surface area contributed by atoms with Gasteiger partial charge in [-0.2, -0.15) is 0 Å². The van der Waals surface area contributed by atoms with Crippen molar-refractivity contribution in [3.8, 4) is 0 Å². The molecule has 2 heterocycles. The number of hydrogen-bond donors (Lipinski definition) is 0. The van der Waals surface area contributed by atoms with Crippen LogP contribution in [0.1, 0.15) is 27.0 Å². The summed E-state index contributed by atoms with van der Waals surface area (Å²) in [6.07, 6.45) is 3.30. The van der Waals surface area contributed by atoms with Crippen LogP contribution in [-0.4, -0.2) is 16.7 Å². The largest absolute Gasteiger partial charge is 0.299 e. The predicted octanol–water partition coefficient (Wildman–Crippen LogP) is 2.57. The van der Waals surface area contributed by atoms with Crippen LogP contribution in [-0.2, 0) is 11.3 Å². The highest BCUT2D eigenvalue weighted by Crippen LogP contribution is 2.33. The number of anilines is 1. The van der Waals surface area contributed by atoms with E-state index in [4.69, 9.17) is 0 Å². The molecule has 1 aromatic carbocycles. The molecule has 0 saturated heterocycles. The van der Waals surface area contributed by atoms with Crippen LogP contribution < -0.4 is 4.90 Å². The van der Waals surface area contributed by atoms with Crippen molar-refractivity contribution >= 4 is 17.4 Å². The molecule has 0 saturated carbocycles. The molecule has 0 atom stereocenters. The molecular formula is C16H13FN2O2. The van der Waals surface area contributed by atoms with Crippen molar-refractivity contribution in [3.05, 3.63) is 58.7 Å². The third-order valence-corrected chi connectivity index (χ3v) is 3.43. The Kier molecular flexibility index (Phi) is 3.05. The third kappa shape index (κ3) is 2.20. The second-order valence-electron chi connectivity index (χ2n) is 5.23. The molecule has 0 N–H and O–H groups in total. The molecule has 1 aliphatic heterocycles. The van der Waals surface area contributed by atoms with Gasteiger partial charge >= 0.3 is 0 Å². The van der Waals surface area contributed by atoms with Gasteiger partial charge in [-0.05, 0) is 42.7 Å². The Hall–Kier alpha value is -2.56. The van der Waals surface area contributed by atoms with Crippen LogP contribution in [0.25, 0.3) is 0 Å². The maximum Gasteiger partial charge on any atom is 0.299 e. The molecule has 3 rings (SSSR count). The van der Waals surface area contributed by atoms with Crippen LogP contribution in [0, 0.1) is 19.7 Å². The van der Waals surface area contributed by atoms with Gasteiger partial charge in [0.1, 0.15) is 5.82 Å². The lowest BCUT2D eigenvalue weighted by Gasteiger charge is -2.17. The van der Waals surface area contributed by atoms with Crippen molar-refractivity contribution in [1.29, 1.82) is 0 Å². The van der Waals surface area contributed by atoms with Crippen LogP contribution >= 0.6 is 0 Å². The molecule has 0 radical (unpaired) electrons. The molecule has 2 aromatic rings. The highest BCUT2D eigenvalue weighted by molar-refractivity contribution is 6.52. The molecule has 0 aliphatic carbocycles. The number of hydrogen-bond acceptors (Lipinski definition) is 3. The van der Waals surface area contributed by atoms with Gasteiger partial charge in [-0.1, -0.05) is 6.07 Å². The number of Topliss-reactive ketones (excluding diaryl/α,β-unsaturated/α-hetero) is 1. The highest BCUT2D eigenvalue weighted by atomic mass is 19.1. The van der Waals surface area contributed by atoms with Gasteiger partial charge in [-0.15, -0.1) is 0 Å². The van der Waals surface area contributed by atoms with E-state index in [1.807, 2.05) is 13.0 Å². The van der Waals surface area contributed by atoms with Crippen LogP contribution in [0.5, 0.6) is 0 Å². The number of ketones is 1. The number of fused-ring (bicyclic) bond motifs is 1. The summed E-state index contributed by atoms with van der Waals surface area (Å²) in [5.74, 6) is -1.91. The third-order valence-electron chi connectivity index (χ3n) is 3.43. The van der Waals surface area contributed by atoms with Crippen LogP contribution in [0.3, 0.4) is 0 Å². The minimum atomic E-state index is -0.698. The average molecular weight is 284 g/mol. The second-order valence-corrected chi connectivity index (χ2v) is 5.23. The van der Waals surface area contributed by atoms with E-state index in [0.717, 1.165) is 11.1 Å². The summed E-state index contributed by atoms with van der Waals surface area (Å²) in [4.78, 5) is 29.3. The number of aromatic nitrogens is 1. The summed E-state index contributed by atoms with van der Waals surface area (Å²) in [6.45, 7) is 3.70. The minimum Gasteiger partial charge on any atom is -0.297 e. The lowest BCUT2D eigenvalue weighted by Crippen LogP contribution is -2.29. The molecule has 4 nitrogen and oxygen atoms in total. The van der Waals surface area contributed by atoms with Gasteiger partial charge in [0.2, 0.25) is 0 Å². The topological polar surface area (TPSA) is 50.3 Å². The Morgan fingerprint density at radius 3 is 2.57 bits per heavy atom. The normalized spacial score (nSPS) is 13.8. The zero-order chi connectivity index (χ0) is 15.1. The molecule has 1 amide bonds. The molecular weight excluding hydrogens is 271 g/mol. The first-order chi connectivity index (χ1) is 9.97. The van der Waals surface area contributed by atoms with Crippen molar-refractivity contribution < 1.29 is 14.0 Å². The van der Waals surface area contributed by atoms with Crippen LogP contribution in [0.2, 0.25) is 0 Å². The molecule has 21 heavy (non-hydrogen) atoms. The van der Waals surface area contributed by atoms with Gasteiger partial charge in [0, 0.05) is 12.4 Å². The van der Waals surface area contributed by atoms with Crippen molar-refractivity contribution in [3.63, 3.8) is 0 Å². The van der Waals surface area contributed by atoms with Gasteiger partial charge in [0.15, 0.2) is 0 Å². The molecule has 0 spiro atoms. The van der Waals surface area contributed by atoms with Gasteiger partial charge in [-0.3, -0.25) is 19.5 Å². The quantitative estimate of drug-likeness (QED) is 0.796. The fourth-order valence-electron chi connectivity index (χ4n) is 2.56. The second kappa shape index (κ2) is 4.77. The number of pyridine rings is 1. The van der Waals surface area contributed by atoms with Crippen molar-refractivity contribution in [2.75, 3.05) is 4.90 Å². The summed E-state index contributed by atoms with van der Waals surface area (Å²) >= 11 is 0. The van der Waals surface area contributed by atoms with E-state index < -0.39 is 17.5 Å². The Labute approximate surface area is 121 Å². The number of amides is 1. The molecule has 0 unspecified atom stereocenters. The monoisotopic (exact) mass is 284 g/mol. The molecule has 1 aliphatic rings. The molecule has 0 bridgehead atoms. The number of rotatable bonds is 2. The lowest BCUT2D eigenvalue weighted by atomic mass is 10.1. The fourth-order valence-corrected chi connectivity index (χ4v) is 2.56. The zero-order valence-corrected chi connectivity index (χ0v) is 11.7. The molecule has 5 heteroatoms. The van der Waals surface area contributed by atoms with E-state index in [-0.39, 0.29) is 17.8 Å². The fraction of sp³-hybridized carbons (Fsp3) is 0.188. The van der Waals surface area contributed by atoms with Gasteiger partial charge < -0.3 is 0 Å². The maximum absolute atomic E-state index is 14.2. The molecule has 106 valence electrons. The summed E-state index contributed by atoms with van der Waals surface area (Å²) < 4.78 is 14.2. The SMILES string of the molecule is Cc1cncc(CN2C(=O)C(=O)c3cc(C)cc(F)c32)c1. The maximum atomic E-state index is 14.2. The number of aryl methyl sites for hydroxylation is 2. The van der Waals surface area contributed by atoms with E-state index in [1.165, 1.54) is 11.0 Å². The van der Waals surface area contributed by atoms with Gasteiger partial charge in [0.25, 0.3) is 11.7 Å². The summed E-state index contributed by atoms with van der Waals surface area (Å²) in [6, 6.07) is 4.73. The predicted molar refractivity (Wildman–Crippen MR) is 75.6 cm³/mol. The summed E-state index contributed by atoms with van der Waals surface area (Å²) in [5.41, 5.74) is 2.51.